The molecule has 0 bridgehead atoms. The van der Waals surface area contributed by atoms with Crippen molar-refractivity contribution >= 4 is 11.6 Å². The second-order valence-corrected chi connectivity index (χ2v) is 5.18. The van der Waals surface area contributed by atoms with Gasteiger partial charge in [0, 0.05) is 11.5 Å². The van der Waals surface area contributed by atoms with Crippen LogP contribution in [0.1, 0.15) is 36.7 Å². The lowest BCUT2D eigenvalue weighted by atomic mass is 10.2. The Kier molecular flexibility index (Phi) is 4.05. The molecule has 4 heteroatoms. The Morgan fingerprint density at radius 2 is 1.79 bits per heavy atom. The van der Waals surface area contributed by atoms with E-state index in [4.69, 9.17) is 16.3 Å². The van der Waals surface area contributed by atoms with Gasteiger partial charge in [0.05, 0.1) is 0 Å². The predicted octanol–water partition coefficient (Wildman–Crippen LogP) is 4.66. The minimum atomic E-state index is 0.206. The second kappa shape index (κ2) is 5.57. The van der Waals surface area contributed by atoms with E-state index in [0.717, 1.165) is 16.9 Å². The molecule has 0 fully saturated rings. The number of rotatable bonds is 3. The van der Waals surface area contributed by atoms with Crippen LogP contribution in [0.5, 0.6) is 11.6 Å². The lowest BCUT2D eigenvalue weighted by Gasteiger charge is -2.13. The minimum Gasteiger partial charge on any atom is -0.438 e. The number of aryl methyl sites for hydroxylation is 1. The van der Waals surface area contributed by atoms with E-state index in [1.165, 1.54) is 0 Å². The van der Waals surface area contributed by atoms with Crippen molar-refractivity contribution in [3.63, 3.8) is 0 Å². The number of ether oxygens (including phenoxy) is 1. The number of hydrogen-bond donors (Lipinski definition) is 0. The van der Waals surface area contributed by atoms with E-state index in [2.05, 4.69) is 9.97 Å². The van der Waals surface area contributed by atoms with Gasteiger partial charge in [-0.1, -0.05) is 43.6 Å². The fraction of sp³-hybridized carbons (Fsp3) is 0.333. The maximum absolute atomic E-state index is 6.14. The van der Waals surface area contributed by atoms with Gasteiger partial charge in [0.15, 0.2) is 0 Å². The Morgan fingerprint density at radius 3 is 2.42 bits per heavy atom. The van der Waals surface area contributed by atoms with E-state index in [-0.39, 0.29) is 5.92 Å². The Balaban J connectivity index is 2.42. The van der Waals surface area contributed by atoms with Crippen LogP contribution in [0.2, 0.25) is 5.15 Å². The van der Waals surface area contributed by atoms with E-state index in [1.54, 1.807) is 0 Å². The summed E-state index contributed by atoms with van der Waals surface area (Å²) in [6.07, 6.45) is 0. The minimum absolute atomic E-state index is 0.206. The lowest BCUT2D eigenvalue weighted by molar-refractivity contribution is 0.449. The Morgan fingerprint density at radius 1 is 1.11 bits per heavy atom. The zero-order valence-corrected chi connectivity index (χ0v) is 12.3. The Bertz CT molecular complexity index is 597. The van der Waals surface area contributed by atoms with Gasteiger partial charge in [0.2, 0.25) is 5.88 Å². The molecule has 0 N–H and O–H groups in total. The zero-order valence-electron chi connectivity index (χ0n) is 11.6. The van der Waals surface area contributed by atoms with Crippen molar-refractivity contribution in [2.24, 2.45) is 0 Å². The molecule has 0 aliphatic rings. The Labute approximate surface area is 118 Å². The lowest BCUT2D eigenvalue weighted by Crippen LogP contribution is -2.03. The molecule has 0 atom stereocenters. The van der Waals surface area contributed by atoms with E-state index in [0.29, 0.717) is 16.9 Å². The molecule has 0 spiro atoms. The second-order valence-electron chi connectivity index (χ2n) is 4.83. The van der Waals surface area contributed by atoms with Crippen LogP contribution in [-0.4, -0.2) is 9.97 Å². The predicted molar refractivity (Wildman–Crippen MR) is 77.1 cm³/mol. The van der Waals surface area contributed by atoms with Crippen molar-refractivity contribution in [2.75, 3.05) is 0 Å². The smallest absolute Gasteiger partial charge is 0.227 e. The van der Waals surface area contributed by atoms with Crippen LogP contribution in [0.4, 0.5) is 0 Å². The molecule has 1 heterocycles. The molecular weight excluding hydrogens is 260 g/mol. The number of aromatic nitrogens is 2. The topological polar surface area (TPSA) is 35.0 Å². The molecule has 1 aromatic carbocycles. The molecule has 19 heavy (non-hydrogen) atoms. The summed E-state index contributed by atoms with van der Waals surface area (Å²) >= 11 is 6.14. The summed E-state index contributed by atoms with van der Waals surface area (Å²) in [6.45, 7) is 7.91. The fourth-order valence-corrected chi connectivity index (χ4v) is 1.79. The van der Waals surface area contributed by atoms with Crippen molar-refractivity contribution in [1.82, 2.24) is 9.97 Å². The SMILES string of the molecule is Cc1ccccc1Oc1nc(C(C)C)nc(Cl)c1C. The zero-order chi connectivity index (χ0) is 14.0. The van der Waals surface area contributed by atoms with Gasteiger partial charge in [-0.05, 0) is 25.5 Å². The van der Waals surface area contributed by atoms with Gasteiger partial charge in [-0.15, -0.1) is 0 Å². The van der Waals surface area contributed by atoms with Gasteiger partial charge in [-0.2, -0.15) is 4.98 Å². The number of nitrogens with zero attached hydrogens (tertiary/aromatic N) is 2. The maximum Gasteiger partial charge on any atom is 0.227 e. The molecule has 2 rings (SSSR count). The molecule has 0 unspecified atom stereocenters. The fourth-order valence-electron chi connectivity index (χ4n) is 1.62. The highest BCUT2D eigenvalue weighted by Crippen LogP contribution is 2.30. The number of hydrogen-bond acceptors (Lipinski definition) is 3. The molecule has 0 radical (unpaired) electrons. The first kappa shape index (κ1) is 13.8. The summed E-state index contributed by atoms with van der Waals surface area (Å²) in [6, 6.07) is 7.82. The summed E-state index contributed by atoms with van der Waals surface area (Å²) in [7, 11) is 0. The summed E-state index contributed by atoms with van der Waals surface area (Å²) in [5.74, 6) is 2.21. The third-order valence-electron chi connectivity index (χ3n) is 2.88. The molecule has 0 saturated heterocycles. The third-order valence-corrected chi connectivity index (χ3v) is 3.24. The van der Waals surface area contributed by atoms with E-state index in [1.807, 2.05) is 52.0 Å². The first-order chi connectivity index (χ1) is 8.99. The average molecular weight is 277 g/mol. The van der Waals surface area contributed by atoms with Gasteiger partial charge in [-0.3, -0.25) is 0 Å². The van der Waals surface area contributed by atoms with Crippen LogP contribution in [0, 0.1) is 13.8 Å². The largest absolute Gasteiger partial charge is 0.438 e. The summed E-state index contributed by atoms with van der Waals surface area (Å²) in [5, 5.41) is 0.447. The van der Waals surface area contributed by atoms with E-state index >= 15 is 0 Å². The van der Waals surface area contributed by atoms with Crippen molar-refractivity contribution in [1.29, 1.82) is 0 Å². The number of para-hydroxylation sites is 1. The standard InChI is InChI=1S/C15H17ClN2O/c1-9(2)14-17-13(16)11(4)15(18-14)19-12-8-6-5-7-10(12)3/h5-9H,1-4H3. The van der Waals surface area contributed by atoms with Crippen LogP contribution < -0.4 is 4.74 Å². The molecule has 3 nitrogen and oxygen atoms in total. The van der Waals surface area contributed by atoms with Crippen LogP contribution in [0.15, 0.2) is 24.3 Å². The molecule has 100 valence electrons. The normalized spacial score (nSPS) is 10.8. The molecule has 1 aromatic heterocycles. The van der Waals surface area contributed by atoms with Gasteiger partial charge >= 0.3 is 0 Å². The van der Waals surface area contributed by atoms with Crippen molar-refractivity contribution in [3.05, 3.63) is 46.4 Å². The van der Waals surface area contributed by atoms with Crippen LogP contribution in [-0.2, 0) is 0 Å². The maximum atomic E-state index is 6.14. The summed E-state index contributed by atoms with van der Waals surface area (Å²) in [5.41, 5.74) is 1.82. The van der Waals surface area contributed by atoms with Gasteiger partial charge in [0.25, 0.3) is 0 Å². The van der Waals surface area contributed by atoms with E-state index < -0.39 is 0 Å². The molecule has 2 aromatic rings. The molecule has 0 aliphatic heterocycles. The van der Waals surface area contributed by atoms with Gasteiger partial charge < -0.3 is 4.74 Å². The number of halogens is 1. The number of benzene rings is 1. The van der Waals surface area contributed by atoms with Gasteiger partial charge in [0.1, 0.15) is 16.7 Å². The highest BCUT2D eigenvalue weighted by atomic mass is 35.5. The molecule has 0 amide bonds. The van der Waals surface area contributed by atoms with Crippen LogP contribution in [0.3, 0.4) is 0 Å². The van der Waals surface area contributed by atoms with Crippen molar-refractivity contribution in [2.45, 2.75) is 33.6 Å². The third kappa shape index (κ3) is 3.04. The van der Waals surface area contributed by atoms with Crippen LogP contribution >= 0.6 is 11.6 Å². The molecule has 0 saturated carbocycles. The molecule has 0 aliphatic carbocycles. The first-order valence-corrected chi connectivity index (χ1v) is 6.64. The van der Waals surface area contributed by atoms with Crippen molar-refractivity contribution < 1.29 is 4.74 Å². The molecular formula is C15H17ClN2O. The average Bonchev–Trinajstić information content (AvgIpc) is 2.37. The Hall–Kier alpha value is -1.61. The highest BCUT2D eigenvalue weighted by molar-refractivity contribution is 6.30. The van der Waals surface area contributed by atoms with Crippen molar-refractivity contribution in [3.8, 4) is 11.6 Å². The summed E-state index contributed by atoms with van der Waals surface area (Å²) < 4.78 is 5.88. The monoisotopic (exact) mass is 276 g/mol. The van der Waals surface area contributed by atoms with Gasteiger partial charge in [-0.25, -0.2) is 4.98 Å². The highest BCUT2D eigenvalue weighted by Gasteiger charge is 2.14. The quantitative estimate of drug-likeness (QED) is 0.765. The van der Waals surface area contributed by atoms with E-state index in [9.17, 15) is 0 Å². The summed E-state index contributed by atoms with van der Waals surface area (Å²) in [4.78, 5) is 8.72. The van der Waals surface area contributed by atoms with Crippen LogP contribution in [0.25, 0.3) is 0 Å². The first-order valence-electron chi connectivity index (χ1n) is 6.26.